The van der Waals surface area contributed by atoms with Crippen molar-refractivity contribution >= 4 is 28.4 Å². The highest BCUT2D eigenvalue weighted by atomic mass is 19.1. The molecule has 1 aromatic heterocycles. The smallest absolute Gasteiger partial charge is 0.260 e. The Morgan fingerprint density at radius 3 is 2.68 bits per heavy atom. The second-order valence-corrected chi connectivity index (χ2v) is 6.45. The predicted molar refractivity (Wildman–Crippen MR) is 94.6 cm³/mol. The van der Waals surface area contributed by atoms with Crippen LogP contribution in [-0.4, -0.2) is 22.4 Å². The van der Waals surface area contributed by atoms with Gasteiger partial charge in [-0.3, -0.25) is 14.2 Å². The van der Waals surface area contributed by atoms with E-state index in [0.29, 0.717) is 16.5 Å². The summed E-state index contributed by atoms with van der Waals surface area (Å²) in [6.45, 7) is 3.40. The summed E-state index contributed by atoms with van der Waals surface area (Å²) in [6, 6.07) is 12.0. The Kier molecular flexibility index (Phi) is 3.46. The number of fused-ring (bicyclic) bond motifs is 2. The molecule has 4 nitrogen and oxygen atoms in total. The number of rotatable bonds is 1. The van der Waals surface area contributed by atoms with E-state index in [1.54, 1.807) is 11.0 Å². The van der Waals surface area contributed by atoms with Crippen LogP contribution in [0.3, 0.4) is 0 Å². The van der Waals surface area contributed by atoms with Crippen molar-refractivity contribution in [1.29, 1.82) is 0 Å². The van der Waals surface area contributed by atoms with Crippen molar-refractivity contribution in [3.8, 4) is 0 Å². The van der Waals surface area contributed by atoms with Crippen molar-refractivity contribution in [3.05, 3.63) is 65.6 Å². The van der Waals surface area contributed by atoms with Crippen molar-refractivity contribution in [2.75, 3.05) is 4.90 Å². The summed E-state index contributed by atoms with van der Waals surface area (Å²) in [5.41, 5.74) is 2.85. The van der Waals surface area contributed by atoms with E-state index in [1.807, 2.05) is 31.2 Å². The highest BCUT2D eigenvalue weighted by Gasteiger charge is 2.32. The molecule has 1 amide bonds. The molecule has 1 aliphatic heterocycles. The van der Waals surface area contributed by atoms with Gasteiger partial charge in [-0.15, -0.1) is 0 Å². The van der Waals surface area contributed by atoms with Gasteiger partial charge >= 0.3 is 0 Å². The Balaban J connectivity index is 1.88. The molecule has 2 heterocycles. The fourth-order valence-corrected chi connectivity index (χ4v) is 3.64. The molecule has 0 radical (unpaired) electrons. The number of nitrogens with zero attached hydrogens (tertiary/aromatic N) is 2. The van der Waals surface area contributed by atoms with Gasteiger partial charge in [0.25, 0.3) is 5.91 Å². The van der Waals surface area contributed by atoms with E-state index in [1.165, 1.54) is 29.8 Å². The van der Waals surface area contributed by atoms with Gasteiger partial charge in [0.1, 0.15) is 5.82 Å². The summed E-state index contributed by atoms with van der Waals surface area (Å²) < 4.78 is 15.0. The minimum atomic E-state index is -0.438. The summed E-state index contributed by atoms with van der Waals surface area (Å²) in [7, 11) is 0. The Morgan fingerprint density at radius 1 is 1.16 bits per heavy atom. The lowest BCUT2D eigenvalue weighted by Crippen LogP contribution is -2.35. The number of aromatic nitrogens is 1. The third kappa shape index (κ3) is 2.35. The first-order chi connectivity index (χ1) is 12.0. The summed E-state index contributed by atoms with van der Waals surface area (Å²) in [5, 5.41) is 0.582. The number of amides is 1. The van der Waals surface area contributed by atoms with Crippen molar-refractivity contribution in [1.82, 2.24) is 4.57 Å². The van der Waals surface area contributed by atoms with Crippen LogP contribution in [0.5, 0.6) is 0 Å². The normalized spacial score (nSPS) is 16.3. The van der Waals surface area contributed by atoms with Gasteiger partial charge in [-0.2, -0.15) is 0 Å². The third-order valence-corrected chi connectivity index (χ3v) is 4.76. The first-order valence-electron chi connectivity index (χ1n) is 8.20. The average Bonchev–Trinajstić information content (AvgIpc) is 3.11. The first kappa shape index (κ1) is 15.6. The maximum absolute atomic E-state index is 13.6. The molecule has 0 N–H and O–H groups in total. The summed E-state index contributed by atoms with van der Waals surface area (Å²) >= 11 is 0. The zero-order valence-corrected chi connectivity index (χ0v) is 14.0. The van der Waals surface area contributed by atoms with Crippen molar-refractivity contribution < 1.29 is 14.0 Å². The highest BCUT2D eigenvalue weighted by Crippen LogP contribution is 2.34. The lowest BCUT2D eigenvalue weighted by molar-refractivity contribution is 0.0941. The molecule has 126 valence electrons. The molecule has 1 aliphatic rings. The molecule has 4 rings (SSSR count). The van der Waals surface area contributed by atoms with Crippen LogP contribution >= 0.6 is 0 Å². The highest BCUT2D eigenvalue weighted by molar-refractivity contribution is 6.16. The molecule has 25 heavy (non-hydrogen) atoms. The van der Waals surface area contributed by atoms with E-state index >= 15 is 0 Å². The minimum absolute atomic E-state index is 0.0288. The number of carbonyl (C=O) groups excluding carboxylic acids is 2. The zero-order chi connectivity index (χ0) is 17.7. The first-order valence-corrected chi connectivity index (χ1v) is 8.20. The van der Waals surface area contributed by atoms with Gasteiger partial charge in [-0.25, -0.2) is 4.39 Å². The summed E-state index contributed by atoms with van der Waals surface area (Å²) in [4.78, 5) is 26.9. The van der Waals surface area contributed by atoms with Gasteiger partial charge < -0.3 is 4.90 Å². The van der Waals surface area contributed by atoms with E-state index in [-0.39, 0.29) is 17.9 Å². The molecular formula is C20H17FN2O2. The van der Waals surface area contributed by atoms with Crippen LogP contribution in [0, 0.1) is 5.82 Å². The molecule has 3 aromatic rings. The van der Waals surface area contributed by atoms with Crippen LogP contribution in [0.1, 0.15) is 34.6 Å². The van der Waals surface area contributed by atoms with Crippen molar-refractivity contribution in [3.63, 3.8) is 0 Å². The van der Waals surface area contributed by atoms with Crippen LogP contribution in [0.2, 0.25) is 0 Å². The largest absolute Gasteiger partial charge is 0.305 e. The van der Waals surface area contributed by atoms with Gasteiger partial charge in [-0.1, -0.05) is 18.2 Å². The lowest BCUT2D eigenvalue weighted by Gasteiger charge is -2.22. The molecule has 1 atom stereocenters. The molecule has 5 heteroatoms. The minimum Gasteiger partial charge on any atom is -0.305 e. The van der Waals surface area contributed by atoms with Gasteiger partial charge in [0, 0.05) is 30.2 Å². The van der Waals surface area contributed by atoms with Crippen molar-refractivity contribution in [2.45, 2.75) is 26.3 Å². The molecule has 0 bridgehead atoms. The van der Waals surface area contributed by atoms with E-state index < -0.39 is 5.82 Å². The van der Waals surface area contributed by atoms with Gasteiger partial charge in [0.05, 0.1) is 11.1 Å². The van der Waals surface area contributed by atoms with Crippen LogP contribution in [0.4, 0.5) is 10.1 Å². The van der Waals surface area contributed by atoms with Crippen molar-refractivity contribution in [2.24, 2.45) is 0 Å². The second kappa shape index (κ2) is 5.55. The Labute approximate surface area is 144 Å². The van der Waals surface area contributed by atoms with Crippen LogP contribution in [0.25, 0.3) is 10.9 Å². The number of hydrogen-bond donors (Lipinski definition) is 0. The fourth-order valence-electron chi connectivity index (χ4n) is 3.64. The topological polar surface area (TPSA) is 42.3 Å². The number of para-hydroxylation sites is 1. The van der Waals surface area contributed by atoms with Crippen LogP contribution in [-0.2, 0) is 6.42 Å². The van der Waals surface area contributed by atoms with Gasteiger partial charge in [0.2, 0.25) is 5.91 Å². The monoisotopic (exact) mass is 336 g/mol. The predicted octanol–water partition coefficient (Wildman–Crippen LogP) is 4.03. The van der Waals surface area contributed by atoms with E-state index in [9.17, 15) is 14.0 Å². The summed E-state index contributed by atoms with van der Waals surface area (Å²) in [5.74, 6) is -0.870. The Bertz CT molecular complexity index is 1020. The SMILES string of the molecule is CC(=O)n1cc(C(=O)N2c3ccccc3CC2C)c2ccc(F)cc21. The molecule has 0 fully saturated rings. The van der Waals surface area contributed by atoms with Gasteiger partial charge in [0.15, 0.2) is 0 Å². The molecule has 0 spiro atoms. The second-order valence-electron chi connectivity index (χ2n) is 6.45. The van der Waals surface area contributed by atoms with E-state index in [2.05, 4.69) is 0 Å². The molecule has 1 unspecified atom stereocenters. The number of carbonyl (C=O) groups is 2. The Morgan fingerprint density at radius 2 is 1.92 bits per heavy atom. The van der Waals surface area contributed by atoms with E-state index in [0.717, 1.165) is 17.7 Å². The van der Waals surface area contributed by atoms with Gasteiger partial charge in [-0.05, 0) is 43.2 Å². The number of halogens is 1. The standard InChI is InChI=1S/C20H17FN2O2/c1-12-9-14-5-3-4-6-18(14)23(12)20(25)17-11-22(13(2)24)19-10-15(21)7-8-16(17)19/h3-8,10-12H,9H2,1-2H3. The number of benzene rings is 2. The number of anilines is 1. The molecule has 0 saturated heterocycles. The maximum atomic E-state index is 13.6. The quantitative estimate of drug-likeness (QED) is 0.673. The summed E-state index contributed by atoms with van der Waals surface area (Å²) in [6.07, 6.45) is 2.31. The maximum Gasteiger partial charge on any atom is 0.260 e. The molecule has 0 saturated carbocycles. The average molecular weight is 336 g/mol. The molecule has 0 aliphatic carbocycles. The zero-order valence-electron chi connectivity index (χ0n) is 14.0. The third-order valence-electron chi connectivity index (χ3n) is 4.76. The van der Waals surface area contributed by atoms with E-state index in [4.69, 9.17) is 0 Å². The van der Waals surface area contributed by atoms with Crippen LogP contribution in [0.15, 0.2) is 48.7 Å². The fraction of sp³-hybridized carbons (Fsp3) is 0.200. The Hall–Kier alpha value is -2.95. The molecule has 2 aromatic carbocycles. The molecular weight excluding hydrogens is 319 g/mol. The lowest BCUT2D eigenvalue weighted by atomic mass is 10.1. The van der Waals surface area contributed by atoms with Crippen LogP contribution < -0.4 is 4.90 Å². The number of hydrogen-bond acceptors (Lipinski definition) is 2.